The molecule has 0 aliphatic carbocycles. The predicted molar refractivity (Wildman–Crippen MR) is 125 cm³/mol. The van der Waals surface area contributed by atoms with Crippen molar-refractivity contribution in [2.24, 2.45) is 0 Å². The van der Waals surface area contributed by atoms with Crippen LogP contribution in [0.3, 0.4) is 0 Å². The lowest BCUT2D eigenvalue weighted by molar-refractivity contribution is -0.119. The van der Waals surface area contributed by atoms with E-state index in [-0.39, 0.29) is 17.9 Å². The highest BCUT2D eigenvalue weighted by atomic mass is 16.2. The molecule has 33 heavy (non-hydrogen) atoms. The number of hydrogen-bond donors (Lipinski definition) is 1. The van der Waals surface area contributed by atoms with Crippen LogP contribution < -0.4 is 5.32 Å². The molecular weight excluding hydrogens is 414 g/mol. The first-order valence-corrected chi connectivity index (χ1v) is 10.9. The van der Waals surface area contributed by atoms with Gasteiger partial charge in [0.15, 0.2) is 0 Å². The summed E-state index contributed by atoms with van der Waals surface area (Å²) in [6.07, 6.45) is 8.13. The second-order valence-corrected chi connectivity index (χ2v) is 8.16. The number of nitrogens with zero attached hydrogens (tertiary/aromatic N) is 4. The molecule has 0 saturated carbocycles. The molecule has 1 aliphatic rings. The number of rotatable bonds is 6. The Balaban J connectivity index is 1.56. The van der Waals surface area contributed by atoms with Gasteiger partial charge in [0.25, 0.3) is 5.91 Å². The fourth-order valence-electron chi connectivity index (χ4n) is 4.20. The van der Waals surface area contributed by atoms with Crippen molar-refractivity contribution in [3.8, 4) is 11.3 Å². The van der Waals surface area contributed by atoms with E-state index in [0.717, 1.165) is 22.0 Å². The molecule has 1 N–H and O–H groups in total. The second-order valence-electron chi connectivity index (χ2n) is 8.16. The van der Waals surface area contributed by atoms with E-state index < -0.39 is 0 Å². The Morgan fingerprint density at radius 3 is 2.58 bits per heavy atom. The molecule has 5 rings (SSSR count). The summed E-state index contributed by atoms with van der Waals surface area (Å²) in [7, 11) is 0. The molecule has 1 aliphatic heterocycles. The van der Waals surface area contributed by atoms with Gasteiger partial charge in [-0.1, -0.05) is 24.3 Å². The van der Waals surface area contributed by atoms with Crippen molar-refractivity contribution in [3.63, 3.8) is 0 Å². The quantitative estimate of drug-likeness (QED) is 0.498. The van der Waals surface area contributed by atoms with Gasteiger partial charge in [0.2, 0.25) is 5.91 Å². The van der Waals surface area contributed by atoms with Crippen LogP contribution in [0.1, 0.15) is 28.8 Å². The Labute approximate surface area is 191 Å². The van der Waals surface area contributed by atoms with Gasteiger partial charge in [0, 0.05) is 61.3 Å². The molecule has 0 radical (unpaired) electrons. The summed E-state index contributed by atoms with van der Waals surface area (Å²) in [5.41, 5.74) is 3.80. The predicted octanol–water partition coefficient (Wildman–Crippen LogP) is 3.61. The van der Waals surface area contributed by atoms with E-state index in [1.54, 1.807) is 29.7 Å². The number of carbonyl (C=O) groups is 2. The molecule has 7 nitrogen and oxygen atoms in total. The molecule has 3 aromatic heterocycles. The van der Waals surface area contributed by atoms with E-state index in [1.807, 2.05) is 54.6 Å². The van der Waals surface area contributed by atoms with Crippen LogP contribution in [0.2, 0.25) is 0 Å². The van der Waals surface area contributed by atoms with Crippen molar-refractivity contribution in [3.05, 3.63) is 90.5 Å². The largest absolute Gasteiger partial charge is 0.352 e. The lowest BCUT2D eigenvalue weighted by atomic mass is 10.0. The van der Waals surface area contributed by atoms with Gasteiger partial charge in [0.05, 0.1) is 16.8 Å². The first-order chi connectivity index (χ1) is 16.2. The topological polar surface area (TPSA) is 88.1 Å². The second kappa shape index (κ2) is 9.16. The summed E-state index contributed by atoms with van der Waals surface area (Å²) < 4.78 is 0. The van der Waals surface area contributed by atoms with Gasteiger partial charge in [-0.25, -0.2) is 4.98 Å². The van der Waals surface area contributed by atoms with Crippen molar-refractivity contribution in [1.82, 2.24) is 25.2 Å². The Hall–Kier alpha value is -4.13. The number of carbonyl (C=O) groups excluding carboxylic acids is 2. The van der Waals surface area contributed by atoms with Gasteiger partial charge < -0.3 is 10.2 Å². The average Bonchev–Trinajstić information content (AvgIpc) is 3.28. The minimum absolute atomic E-state index is 0.0296. The van der Waals surface area contributed by atoms with Crippen LogP contribution >= 0.6 is 0 Å². The SMILES string of the molecule is O=C1CC[C@@H](CN(Cc2cccnc2)C(=O)c2cc(-c3cccnc3)nc3ccccc23)N1. The lowest BCUT2D eigenvalue weighted by Gasteiger charge is -2.26. The zero-order valence-corrected chi connectivity index (χ0v) is 18.0. The molecule has 164 valence electrons. The normalized spacial score (nSPS) is 15.4. The summed E-state index contributed by atoms with van der Waals surface area (Å²) in [6.45, 7) is 0.830. The Morgan fingerprint density at radius 2 is 1.85 bits per heavy atom. The maximum absolute atomic E-state index is 14.0. The van der Waals surface area contributed by atoms with E-state index in [9.17, 15) is 9.59 Å². The van der Waals surface area contributed by atoms with Crippen molar-refractivity contribution < 1.29 is 9.59 Å². The Morgan fingerprint density at radius 1 is 1.03 bits per heavy atom. The number of para-hydroxylation sites is 1. The van der Waals surface area contributed by atoms with Gasteiger partial charge in [-0.3, -0.25) is 19.6 Å². The van der Waals surface area contributed by atoms with Crippen LogP contribution in [0.25, 0.3) is 22.2 Å². The molecule has 1 fully saturated rings. The molecule has 0 bridgehead atoms. The number of pyridine rings is 3. The molecule has 7 heteroatoms. The fourth-order valence-corrected chi connectivity index (χ4v) is 4.20. The molecule has 1 atom stereocenters. The van der Waals surface area contributed by atoms with Gasteiger partial charge in [-0.15, -0.1) is 0 Å². The maximum Gasteiger partial charge on any atom is 0.254 e. The Bertz CT molecular complexity index is 1290. The number of fused-ring (bicyclic) bond motifs is 1. The zero-order valence-electron chi connectivity index (χ0n) is 18.0. The summed E-state index contributed by atoms with van der Waals surface area (Å²) >= 11 is 0. The fraction of sp³-hybridized carbons (Fsp3) is 0.192. The monoisotopic (exact) mass is 437 g/mol. The zero-order chi connectivity index (χ0) is 22.6. The number of hydrogen-bond acceptors (Lipinski definition) is 5. The number of benzene rings is 1. The number of nitrogens with one attached hydrogen (secondary N) is 1. The summed E-state index contributed by atoms with van der Waals surface area (Å²) in [5, 5.41) is 3.78. The highest BCUT2D eigenvalue weighted by molar-refractivity contribution is 6.07. The standard InChI is InChI=1S/C26H23N5O2/c32-25-10-9-20(29-25)17-31(16-18-5-3-11-27-14-18)26(33)22-13-24(19-6-4-12-28-15-19)30-23-8-2-1-7-21(22)23/h1-8,11-15,20H,9-10,16-17H2,(H,29,32)/t20-/m0/s1. The van der Waals surface area contributed by atoms with Crippen LogP contribution in [0.4, 0.5) is 0 Å². The van der Waals surface area contributed by atoms with E-state index >= 15 is 0 Å². The summed E-state index contributed by atoms with van der Waals surface area (Å²) in [4.78, 5) is 40.7. The summed E-state index contributed by atoms with van der Waals surface area (Å²) in [5.74, 6) is -0.0780. The first kappa shape index (κ1) is 20.8. The average molecular weight is 438 g/mol. The third-order valence-corrected chi connectivity index (χ3v) is 5.81. The molecule has 1 aromatic carbocycles. The molecule has 0 spiro atoms. The molecule has 4 aromatic rings. The van der Waals surface area contributed by atoms with Crippen LogP contribution in [0.5, 0.6) is 0 Å². The van der Waals surface area contributed by atoms with Crippen LogP contribution in [0, 0.1) is 0 Å². The molecule has 4 heterocycles. The van der Waals surface area contributed by atoms with Crippen molar-refractivity contribution in [2.45, 2.75) is 25.4 Å². The highest BCUT2D eigenvalue weighted by Crippen LogP contribution is 2.26. The van der Waals surface area contributed by atoms with E-state index in [1.165, 1.54) is 0 Å². The lowest BCUT2D eigenvalue weighted by Crippen LogP contribution is -2.41. The molecule has 2 amide bonds. The van der Waals surface area contributed by atoms with Gasteiger partial charge in [0.1, 0.15) is 0 Å². The van der Waals surface area contributed by atoms with Crippen LogP contribution in [0.15, 0.2) is 79.4 Å². The number of aromatic nitrogens is 3. The van der Waals surface area contributed by atoms with Crippen LogP contribution in [-0.4, -0.2) is 44.3 Å². The van der Waals surface area contributed by atoms with Crippen LogP contribution in [-0.2, 0) is 11.3 Å². The maximum atomic E-state index is 14.0. The molecular formula is C26H23N5O2. The van der Waals surface area contributed by atoms with E-state index in [2.05, 4.69) is 15.3 Å². The van der Waals surface area contributed by atoms with Crippen molar-refractivity contribution in [1.29, 1.82) is 0 Å². The summed E-state index contributed by atoms with van der Waals surface area (Å²) in [6, 6.07) is 17.0. The first-order valence-electron chi connectivity index (χ1n) is 10.9. The van der Waals surface area contributed by atoms with Gasteiger partial charge in [-0.2, -0.15) is 0 Å². The van der Waals surface area contributed by atoms with Crippen molar-refractivity contribution >= 4 is 22.7 Å². The third-order valence-electron chi connectivity index (χ3n) is 5.81. The minimum atomic E-state index is -0.108. The van der Waals surface area contributed by atoms with E-state index in [0.29, 0.717) is 37.2 Å². The molecule has 0 unspecified atom stereocenters. The van der Waals surface area contributed by atoms with Gasteiger partial charge >= 0.3 is 0 Å². The highest BCUT2D eigenvalue weighted by Gasteiger charge is 2.27. The minimum Gasteiger partial charge on any atom is -0.352 e. The van der Waals surface area contributed by atoms with Gasteiger partial charge in [-0.05, 0) is 42.3 Å². The third kappa shape index (κ3) is 4.57. The Kier molecular flexibility index (Phi) is 5.76. The molecule has 1 saturated heterocycles. The smallest absolute Gasteiger partial charge is 0.254 e. The van der Waals surface area contributed by atoms with Crippen molar-refractivity contribution in [2.75, 3.05) is 6.54 Å². The number of amides is 2. The van der Waals surface area contributed by atoms with E-state index in [4.69, 9.17) is 4.98 Å².